The van der Waals surface area contributed by atoms with Gasteiger partial charge in [0.15, 0.2) is 0 Å². The molecule has 1 aromatic rings. The van der Waals surface area contributed by atoms with Crippen LogP contribution in [-0.2, 0) is 13.6 Å². The van der Waals surface area contributed by atoms with Gasteiger partial charge in [-0.15, -0.1) is 0 Å². The highest BCUT2D eigenvalue weighted by Crippen LogP contribution is 2.33. The third-order valence-electron chi connectivity index (χ3n) is 4.05. The Labute approximate surface area is 105 Å². The van der Waals surface area contributed by atoms with E-state index < -0.39 is 0 Å². The molecular formula is C14H25N3. The number of hydrogen-bond acceptors (Lipinski definition) is 2. The van der Waals surface area contributed by atoms with Crippen LogP contribution in [0.4, 0.5) is 0 Å². The lowest BCUT2D eigenvalue weighted by molar-refractivity contribution is 0.309. The van der Waals surface area contributed by atoms with Crippen LogP contribution in [0.2, 0.25) is 0 Å². The minimum atomic E-state index is 0.541. The molecule has 2 rings (SSSR count). The van der Waals surface area contributed by atoms with Crippen LogP contribution < -0.4 is 5.32 Å². The molecule has 17 heavy (non-hydrogen) atoms. The second-order valence-corrected chi connectivity index (χ2v) is 6.13. The van der Waals surface area contributed by atoms with Crippen molar-refractivity contribution < 1.29 is 0 Å². The molecule has 1 heterocycles. The molecule has 1 saturated carbocycles. The van der Waals surface area contributed by atoms with E-state index in [1.807, 2.05) is 12.4 Å². The molecule has 0 saturated heterocycles. The molecule has 1 unspecified atom stereocenters. The highest BCUT2D eigenvalue weighted by molar-refractivity contribution is 4.91. The van der Waals surface area contributed by atoms with E-state index >= 15 is 0 Å². The van der Waals surface area contributed by atoms with Crippen molar-refractivity contribution in [2.75, 3.05) is 0 Å². The highest BCUT2D eigenvalue weighted by atomic mass is 15.1. The van der Waals surface area contributed by atoms with Gasteiger partial charge in [-0.1, -0.05) is 20.3 Å². The molecule has 0 amide bonds. The molecule has 1 aromatic heterocycles. The molecule has 0 bridgehead atoms. The molecule has 1 N–H and O–H groups in total. The second-order valence-electron chi connectivity index (χ2n) is 6.13. The van der Waals surface area contributed by atoms with Gasteiger partial charge in [-0.05, 0) is 31.1 Å². The van der Waals surface area contributed by atoms with Crippen LogP contribution in [0, 0.1) is 5.41 Å². The highest BCUT2D eigenvalue weighted by Gasteiger charge is 2.24. The number of hydrogen-bond donors (Lipinski definition) is 1. The molecule has 3 nitrogen and oxygen atoms in total. The molecule has 3 heteroatoms. The van der Waals surface area contributed by atoms with Gasteiger partial charge in [0.05, 0.1) is 6.54 Å². The van der Waals surface area contributed by atoms with Crippen molar-refractivity contribution in [3.8, 4) is 0 Å². The van der Waals surface area contributed by atoms with E-state index in [4.69, 9.17) is 0 Å². The van der Waals surface area contributed by atoms with Gasteiger partial charge in [-0.25, -0.2) is 4.98 Å². The Bertz CT molecular complexity index is 354. The van der Waals surface area contributed by atoms with Crippen molar-refractivity contribution in [3.05, 3.63) is 18.2 Å². The van der Waals surface area contributed by atoms with Crippen molar-refractivity contribution in [1.82, 2.24) is 14.9 Å². The first kappa shape index (κ1) is 12.6. The summed E-state index contributed by atoms with van der Waals surface area (Å²) in [6.07, 6.45) is 10.6. The summed E-state index contributed by atoms with van der Waals surface area (Å²) in [4.78, 5) is 4.35. The van der Waals surface area contributed by atoms with Crippen molar-refractivity contribution in [3.63, 3.8) is 0 Å². The number of imidazole rings is 1. The van der Waals surface area contributed by atoms with Crippen LogP contribution in [0.25, 0.3) is 0 Å². The second kappa shape index (κ2) is 5.21. The summed E-state index contributed by atoms with van der Waals surface area (Å²) in [5.74, 6) is 1.13. The van der Waals surface area contributed by atoms with E-state index in [1.54, 1.807) is 0 Å². The zero-order valence-electron chi connectivity index (χ0n) is 11.4. The van der Waals surface area contributed by atoms with E-state index in [0.717, 1.165) is 12.4 Å². The molecule has 1 atom stereocenters. The van der Waals surface area contributed by atoms with Crippen LogP contribution in [0.1, 0.15) is 51.8 Å². The Hall–Kier alpha value is -0.830. The lowest BCUT2D eigenvalue weighted by Gasteiger charge is -2.22. The molecule has 1 aliphatic carbocycles. The summed E-state index contributed by atoms with van der Waals surface area (Å²) in [5.41, 5.74) is 0.541. The predicted octanol–water partition coefficient (Wildman–Crippen LogP) is 2.87. The Kier molecular flexibility index (Phi) is 3.87. The van der Waals surface area contributed by atoms with Gasteiger partial charge in [0, 0.05) is 25.5 Å². The molecule has 1 fully saturated rings. The maximum atomic E-state index is 4.35. The summed E-state index contributed by atoms with van der Waals surface area (Å²) < 4.78 is 2.09. The van der Waals surface area contributed by atoms with E-state index in [9.17, 15) is 0 Å². The van der Waals surface area contributed by atoms with Gasteiger partial charge in [0.25, 0.3) is 0 Å². The van der Waals surface area contributed by atoms with Gasteiger partial charge < -0.3 is 9.88 Å². The molecule has 0 aromatic carbocycles. The smallest absolute Gasteiger partial charge is 0.122 e. The fourth-order valence-electron chi connectivity index (χ4n) is 2.67. The Morgan fingerprint density at radius 1 is 1.41 bits per heavy atom. The molecular weight excluding hydrogens is 210 g/mol. The third-order valence-corrected chi connectivity index (χ3v) is 4.05. The van der Waals surface area contributed by atoms with E-state index in [0.29, 0.717) is 11.5 Å². The minimum Gasteiger partial charge on any atom is -0.337 e. The van der Waals surface area contributed by atoms with Crippen molar-refractivity contribution >= 4 is 0 Å². The minimum absolute atomic E-state index is 0.541. The zero-order chi connectivity index (χ0) is 12.3. The van der Waals surface area contributed by atoms with Gasteiger partial charge in [-0.3, -0.25) is 0 Å². The van der Waals surface area contributed by atoms with Crippen LogP contribution in [0.3, 0.4) is 0 Å². The Morgan fingerprint density at radius 2 is 2.24 bits per heavy atom. The fraction of sp³-hybridized carbons (Fsp3) is 0.786. The van der Waals surface area contributed by atoms with Crippen molar-refractivity contribution in [2.24, 2.45) is 12.5 Å². The Balaban J connectivity index is 1.82. The summed E-state index contributed by atoms with van der Waals surface area (Å²) in [5, 5.41) is 3.66. The number of nitrogens with one attached hydrogen (secondary N) is 1. The quantitative estimate of drug-likeness (QED) is 0.816. The molecule has 0 radical (unpaired) electrons. The maximum absolute atomic E-state index is 4.35. The van der Waals surface area contributed by atoms with E-state index in [-0.39, 0.29) is 0 Å². The van der Waals surface area contributed by atoms with Crippen molar-refractivity contribution in [2.45, 2.75) is 58.5 Å². The SMILES string of the molecule is Cn1ccnc1CNC1CCCC(C)(C)CC1. The average molecular weight is 235 g/mol. The van der Waals surface area contributed by atoms with E-state index in [1.165, 1.54) is 32.1 Å². The topological polar surface area (TPSA) is 29.9 Å². The lowest BCUT2D eigenvalue weighted by Crippen LogP contribution is -2.29. The monoisotopic (exact) mass is 235 g/mol. The maximum Gasteiger partial charge on any atom is 0.122 e. The number of nitrogens with zero attached hydrogens (tertiary/aromatic N) is 2. The zero-order valence-corrected chi connectivity index (χ0v) is 11.4. The molecule has 1 aliphatic rings. The first-order valence-corrected chi connectivity index (χ1v) is 6.76. The summed E-state index contributed by atoms with van der Waals surface area (Å²) >= 11 is 0. The van der Waals surface area contributed by atoms with Crippen LogP contribution in [0.15, 0.2) is 12.4 Å². The largest absolute Gasteiger partial charge is 0.337 e. The Morgan fingerprint density at radius 3 is 2.94 bits per heavy atom. The normalized spacial score (nSPS) is 24.5. The third kappa shape index (κ3) is 3.56. The van der Waals surface area contributed by atoms with Gasteiger partial charge >= 0.3 is 0 Å². The van der Waals surface area contributed by atoms with Gasteiger partial charge in [-0.2, -0.15) is 0 Å². The fourth-order valence-corrected chi connectivity index (χ4v) is 2.67. The lowest BCUT2D eigenvalue weighted by atomic mass is 9.85. The first-order chi connectivity index (χ1) is 8.07. The van der Waals surface area contributed by atoms with Crippen LogP contribution in [0.5, 0.6) is 0 Å². The molecule has 0 spiro atoms. The predicted molar refractivity (Wildman–Crippen MR) is 70.7 cm³/mol. The number of aryl methyl sites for hydroxylation is 1. The summed E-state index contributed by atoms with van der Waals surface area (Å²) in [6.45, 7) is 5.69. The molecule has 96 valence electrons. The summed E-state index contributed by atoms with van der Waals surface area (Å²) in [7, 11) is 2.06. The number of rotatable bonds is 3. The average Bonchev–Trinajstić information content (AvgIpc) is 2.58. The van der Waals surface area contributed by atoms with E-state index in [2.05, 4.69) is 35.8 Å². The molecule has 0 aliphatic heterocycles. The number of aromatic nitrogens is 2. The standard InChI is InChI=1S/C14H25N3/c1-14(2)7-4-5-12(6-8-14)16-11-13-15-9-10-17(13)3/h9-10,12,16H,4-8,11H2,1-3H3. The summed E-state index contributed by atoms with van der Waals surface area (Å²) in [6, 6.07) is 0.675. The van der Waals surface area contributed by atoms with Crippen molar-refractivity contribution in [1.29, 1.82) is 0 Å². The van der Waals surface area contributed by atoms with Gasteiger partial charge in [0.1, 0.15) is 5.82 Å². The first-order valence-electron chi connectivity index (χ1n) is 6.76. The van der Waals surface area contributed by atoms with Gasteiger partial charge in [0.2, 0.25) is 0 Å². The van der Waals surface area contributed by atoms with Crippen LogP contribution in [-0.4, -0.2) is 15.6 Å². The van der Waals surface area contributed by atoms with Crippen LogP contribution >= 0.6 is 0 Å².